The molecule has 29 heavy (non-hydrogen) atoms. The third kappa shape index (κ3) is 3.22. The number of fused-ring (bicyclic) bond motifs is 3. The summed E-state index contributed by atoms with van der Waals surface area (Å²) in [6, 6.07) is 9.98. The monoisotopic (exact) mass is 390 g/mol. The van der Waals surface area contributed by atoms with Crippen molar-refractivity contribution >= 4 is 28.9 Å². The van der Waals surface area contributed by atoms with Crippen molar-refractivity contribution in [2.45, 2.75) is 20.0 Å². The summed E-state index contributed by atoms with van der Waals surface area (Å²) >= 11 is 0. The highest BCUT2D eigenvalue weighted by atomic mass is 16.2. The molecule has 3 heterocycles. The molecule has 2 aromatic heterocycles. The van der Waals surface area contributed by atoms with Crippen LogP contribution in [0.15, 0.2) is 63.8 Å². The first-order valence-electron chi connectivity index (χ1n) is 9.35. The van der Waals surface area contributed by atoms with Gasteiger partial charge in [-0.15, -0.1) is 6.58 Å². The van der Waals surface area contributed by atoms with Crippen molar-refractivity contribution in [3.05, 3.63) is 75.5 Å². The Morgan fingerprint density at radius 2 is 1.93 bits per heavy atom. The fraction of sp³-hybridized carbons (Fsp3) is 0.238. The second-order valence-corrected chi connectivity index (χ2v) is 6.95. The van der Waals surface area contributed by atoms with Gasteiger partial charge in [0.25, 0.3) is 5.56 Å². The average Bonchev–Trinajstić information content (AvgIpc) is 3.10. The van der Waals surface area contributed by atoms with E-state index in [-0.39, 0.29) is 12.1 Å². The maximum Gasteiger partial charge on any atom is 0.332 e. The summed E-state index contributed by atoms with van der Waals surface area (Å²) in [6.45, 7) is 6.64. The lowest BCUT2D eigenvalue weighted by molar-refractivity contribution is 0.664. The van der Waals surface area contributed by atoms with Gasteiger partial charge in [0.2, 0.25) is 5.95 Å². The standard InChI is InChI=1S/C21H22N6O2/c1-4-12-25-19(28)17-18(24(3)21(25)29)22-20-26(17)14-15(2)23-27(20)13-8-11-16-9-6-5-7-10-16/h4-11H,1,12-14H2,2-3H3/b11-8+. The molecular weight excluding hydrogens is 368 g/mol. The van der Waals surface area contributed by atoms with E-state index in [1.165, 1.54) is 15.2 Å². The summed E-state index contributed by atoms with van der Waals surface area (Å²) in [4.78, 5) is 30.2. The lowest BCUT2D eigenvalue weighted by atomic mass is 10.2. The zero-order chi connectivity index (χ0) is 20.5. The second kappa shape index (κ2) is 7.38. The summed E-state index contributed by atoms with van der Waals surface area (Å²) < 4.78 is 4.40. The maximum atomic E-state index is 13.0. The van der Waals surface area contributed by atoms with Gasteiger partial charge in [-0.3, -0.25) is 18.5 Å². The molecule has 0 N–H and O–H groups in total. The number of hydrogen-bond acceptors (Lipinski definition) is 5. The molecule has 0 atom stereocenters. The predicted octanol–water partition coefficient (Wildman–Crippen LogP) is 1.99. The van der Waals surface area contributed by atoms with Gasteiger partial charge in [-0.1, -0.05) is 48.6 Å². The highest BCUT2D eigenvalue weighted by Gasteiger charge is 2.25. The lowest BCUT2D eigenvalue weighted by Crippen LogP contribution is -2.39. The average molecular weight is 390 g/mol. The minimum absolute atomic E-state index is 0.151. The van der Waals surface area contributed by atoms with E-state index in [4.69, 9.17) is 0 Å². The number of aryl methyl sites for hydroxylation is 1. The smallest absolute Gasteiger partial charge is 0.297 e. The minimum atomic E-state index is -0.411. The van der Waals surface area contributed by atoms with E-state index >= 15 is 0 Å². The molecule has 1 aromatic carbocycles. The Hall–Kier alpha value is -3.68. The van der Waals surface area contributed by atoms with Crippen LogP contribution in [-0.2, 0) is 20.1 Å². The van der Waals surface area contributed by atoms with Gasteiger partial charge in [0.15, 0.2) is 11.2 Å². The molecule has 8 nitrogen and oxygen atoms in total. The number of benzene rings is 1. The Balaban J connectivity index is 1.80. The van der Waals surface area contributed by atoms with Gasteiger partial charge >= 0.3 is 5.69 Å². The fourth-order valence-electron chi connectivity index (χ4n) is 3.48. The number of rotatable bonds is 5. The normalized spacial score (nSPS) is 13.7. The molecule has 0 saturated heterocycles. The summed E-state index contributed by atoms with van der Waals surface area (Å²) in [6.07, 6.45) is 5.55. The largest absolute Gasteiger partial charge is 0.332 e. The van der Waals surface area contributed by atoms with E-state index in [0.717, 1.165) is 11.3 Å². The number of hydrogen-bond donors (Lipinski definition) is 0. The molecule has 0 aliphatic carbocycles. The summed E-state index contributed by atoms with van der Waals surface area (Å²) in [7, 11) is 1.62. The van der Waals surface area contributed by atoms with Gasteiger partial charge in [-0.2, -0.15) is 10.1 Å². The molecule has 4 rings (SSSR count). The molecule has 148 valence electrons. The molecule has 0 fully saturated rings. The van der Waals surface area contributed by atoms with E-state index in [9.17, 15) is 9.59 Å². The number of anilines is 1. The first-order chi connectivity index (χ1) is 14.0. The molecule has 0 amide bonds. The van der Waals surface area contributed by atoms with Crippen molar-refractivity contribution < 1.29 is 0 Å². The second-order valence-electron chi connectivity index (χ2n) is 6.95. The van der Waals surface area contributed by atoms with E-state index in [0.29, 0.717) is 30.2 Å². The highest BCUT2D eigenvalue weighted by molar-refractivity contribution is 5.87. The molecule has 3 aromatic rings. The molecule has 1 aliphatic heterocycles. The van der Waals surface area contributed by atoms with Crippen LogP contribution in [0.2, 0.25) is 0 Å². The van der Waals surface area contributed by atoms with Crippen molar-refractivity contribution in [3.63, 3.8) is 0 Å². The van der Waals surface area contributed by atoms with Gasteiger partial charge in [-0.25, -0.2) is 9.80 Å². The van der Waals surface area contributed by atoms with Crippen LogP contribution in [-0.4, -0.2) is 30.9 Å². The Kier molecular flexibility index (Phi) is 4.75. The number of allylic oxidation sites excluding steroid dienone is 1. The summed E-state index contributed by atoms with van der Waals surface area (Å²) in [5, 5.41) is 6.34. The van der Waals surface area contributed by atoms with Crippen LogP contribution in [0.3, 0.4) is 0 Å². The van der Waals surface area contributed by atoms with E-state index in [2.05, 4.69) is 16.7 Å². The number of hydrazone groups is 1. The lowest BCUT2D eigenvalue weighted by Gasteiger charge is -2.23. The third-order valence-electron chi connectivity index (χ3n) is 4.82. The van der Waals surface area contributed by atoms with Crippen LogP contribution >= 0.6 is 0 Å². The summed E-state index contributed by atoms with van der Waals surface area (Å²) in [5.41, 5.74) is 1.93. The van der Waals surface area contributed by atoms with Gasteiger partial charge in [0, 0.05) is 13.6 Å². The predicted molar refractivity (Wildman–Crippen MR) is 115 cm³/mol. The molecule has 0 unspecified atom stereocenters. The first-order valence-corrected chi connectivity index (χ1v) is 9.35. The molecule has 1 aliphatic rings. The van der Waals surface area contributed by atoms with Crippen molar-refractivity contribution in [3.8, 4) is 0 Å². The van der Waals surface area contributed by atoms with Crippen molar-refractivity contribution in [2.75, 3.05) is 11.6 Å². The number of nitrogens with zero attached hydrogens (tertiary/aromatic N) is 6. The Labute approximate surface area is 167 Å². The van der Waals surface area contributed by atoms with Gasteiger partial charge < -0.3 is 0 Å². The van der Waals surface area contributed by atoms with Crippen LogP contribution in [0.5, 0.6) is 0 Å². The Morgan fingerprint density at radius 3 is 2.66 bits per heavy atom. The molecule has 0 bridgehead atoms. The quantitative estimate of drug-likeness (QED) is 0.625. The maximum absolute atomic E-state index is 13.0. The molecule has 0 saturated carbocycles. The molecule has 0 radical (unpaired) electrons. The van der Waals surface area contributed by atoms with Crippen LogP contribution in [0.4, 0.5) is 5.95 Å². The topological polar surface area (TPSA) is 77.4 Å². The Bertz CT molecular complexity index is 1260. The first kappa shape index (κ1) is 18.7. The summed E-state index contributed by atoms with van der Waals surface area (Å²) in [5.74, 6) is 0.548. The van der Waals surface area contributed by atoms with E-state index < -0.39 is 5.69 Å². The van der Waals surface area contributed by atoms with Crippen molar-refractivity contribution in [1.82, 2.24) is 18.7 Å². The van der Waals surface area contributed by atoms with Gasteiger partial charge in [0.1, 0.15) is 0 Å². The van der Waals surface area contributed by atoms with Crippen molar-refractivity contribution in [1.29, 1.82) is 0 Å². The number of aromatic nitrogens is 4. The van der Waals surface area contributed by atoms with Crippen LogP contribution < -0.4 is 16.3 Å². The van der Waals surface area contributed by atoms with Crippen molar-refractivity contribution in [2.24, 2.45) is 12.1 Å². The van der Waals surface area contributed by atoms with E-state index in [1.54, 1.807) is 12.1 Å². The SMILES string of the molecule is C=CCn1c(=O)c2c(nc3n2CC(C)=NN3C/C=C/c2ccccc2)n(C)c1=O. The molecule has 0 spiro atoms. The fourth-order valence-corrected chi connectivity index (χ4v) is 3.48. The molecule has 8 heteroatoms. The zero-order valence-corrected chi connectivity index (χ0v) is 16.4. The Morgan fingerprint density at radius 1 is 1.17 bits per heavy atom. The highest BCUT2D eigenvalue weighted by Crippen LogP contribution is 2.23. The van der Waals surface area contributed by atoms with Gasteiger partial charge in [0.05, 0.1) is 18.8 Å². The minimum Gasteiger partial charge on any atom is -0.297 e. The zero-order valence-electron chi connectivity index (χ0n) is 16.4. The van der Waals surface area contributed by atoms with Crippen LogP contribution in [0, 0.1) is 0 Å². The van der Waals surface area contributed by atoms with E-state index in [1.807, 2.05) is 54.0 Å². The molecular formula is C21H22N6O2. The third-order valence-corrected chi connectivity index (χ3v) is 4.82. The van der Waals surface area contributed by atoms with Crippen LogP contribution in [0.1, 0.15) is 12.5 Å². The number of imidazole rings is 1. The van der Waals surface area contributed by atoms with Crippen LogP contribution in [0.25, 0.3) is 17.2 Å². The van der Waals surface area contributed by atoms with Gasteiger partial charge in [-0.05, 0) is 12.5 Å².